The summed E-state index contributed by atoms with van der Waals surface area (Å²) >= 11 is 1.28. The predicted molar refractivity (Wildman–Crippen MR) is 424 cm³/mol. The fraction of sp³-hybridized carbons (Fsp3) is 0.731. The van der Waals surface area contributed by atoms with Gasteiger partial charge in [-0.15, -0.1) is 0 Å². The molecule has 0 bridgehead atoms. The summed E-state index contributed by atoms with van der Waals surface area (Å²) in [5, 5.41) is 80.7. The standard InChI is InChI=1S/C78H133N13O20S/c1-10-14-18-19-20-21-22-23-24-25-26-27-30-34-65(98)82-62(47-92)69(102)80-46-66(99)81-61(44-52-35-37-53(96)38-36-52)76(109)86-57(39-40-64(79)97)73(106)84-55(32-28-15-11-2)70(103)83-56(33-29-16-12-3)71(104)89-60(43-49(5)6)75(108)85-54(31-17-13-4)72(105)90-63(48-93)77(110)87-58(41-42-112-9)74(107)91-68(51(8)95)78(111)88-59(50(7)94)45-67(100)101/h35-38,49,51,54-63,68,92-93,95-96H,10-34,39-48H2,1-9H3,(H2,79,97)(H,80,102)(H,81,99)(H,82,98)(H,83,103)(H,84,106)(H,85,108)(H,86,109)(H,87,110)(H,88,111)(H,89,104)(H,90,105)(H,91,107)(H,100,101)/t51-,54+,55+,56+,57+,58+,59+,60+,61+,62+,63+,68+/m1/s1. The van der Waals surface area contributed by atoms with Gasteiger partial charge in [0.25, 0.3) is 0 Å². The number of nitrogens with two attached hydrogens (primary N) is 1. The SMILES string of the molecule is CCCCCCCCCCCCCCCC(=O)N[C@@H](CO)C(=O)NCC(=O)N[C@@H](Cc1ccc(O)cc1)C(=O)N[C@@H](CCC(N)=O)C(=O)N[C@@H](CCCCC)C(=O)N[C@@H](CCCCC)C(=O)N[C@@H](CC(C)C)C(=O)N[C@@H](CCCC)C(=O)N[C@@H](CO)C(=O)N[C@@H](CCSC)C(=O)N[C@H](C(=O)N[C@@H](CC(=O)O)C(C)=O)[C@@H](C)O. The van der Waals surface area contributed by atoms with Crippen molar-refractivity contribution in [2.45, 2.75) is 327 Å². The van der Waals surface area contributed by atoms with Crippen LogP contribution in [0.3, 0.4) is 0 Å². The minimum Gasteiger partial charge on any atom is -0.508 e. The molecule has 0 spiro atoms. The summed E-state index contributed by atoms with van der Waals surface area (Å²) in [6.07, 6.45) is 17.1. The number of carbonyl (C=O) groups excluding carboxylic acids is 14. The van der Waals surface area contributed by atoms with E-state index in [0.29, 0.717) is 63.4 Å². The van der Waals surface area contributed by atoms with Crippen molar-refractivity contribution in [1.29, 1.82) is 0 Å². The Hall–Kier alpha value is -8.50. The Morgan fingerprint density at radius 2 is 0.786 bits per heavy atom. The summed E-state index contributed by atoms with van der Waals surface area (Å²) in [6, 6.07) is -10.7. The summed E-state index contributed by atoms with van der Waals surface area (Å²) < 4.78 is 0. The van der Waals surface area contributed by atoms with E-state index in [4.69, 9.17) is 5.73 Å². The number of primary amides is 1. The maximum Gasteiger partial charge on any atom is 0.305 e. The number of unbranched alkanes of at least 4 members (excludes halogenated alkanes) is 17. The first-order valence-corrected chi connectivity index (χ1v) is 41.5. The second kappa shape index (κ2) is 59.3. The van der Waals surface area contributed by atoms with E-state index in [2.05, 4.69) is 70.7 Å². The van der Waals surface area contributed by atoms with E-state index in [1.807, 2.05) is 20.8 Å². The number of thioether (sulfide) groups is 1. The summed E-state index contributed by atoms with van der Waals surface area (Å²) in [5.41, 5.74) is 5.98. The minimum absolute atomic E-state index is 0.00302. The maximum atomic E-state index is 14.7. The number of aromatic hydroxyl groups is 1. The summed E-state index contributed by atoms with van der Waals surface area (Å²) in [7, 11) is 0. The van der Waals surface area contributed by atoms with Crippen molar-refractivity contribution >= 4 is 100 Å². The number of carbonyl (C=O) groups is 15. The topological polar surface area (TPSA) is 528 Å². The highest BCUT2D eigenvalue weighted by Crippen LogP contribution is 2.18. The van der Waals surface area contributed by atoms with Gasteiger partial charge in [0, 0.05) is 19.3 Å². The van der Waals surface area contributed by atoms with E-state index in [1.165, 1.54) is 87.4 Å². The van der Waals surface area contributed by atoms with Crippen molar-refractivity contribution in [3.05, 3.63) is 29.8 Å². The van der Waals surface area contributed by atoms with Crippen molar-refractivity contribution in [3.8, 4) is 5.75 Å². The average Bonchev–Trinajstić information content (AvgIpc) is 0.859. The lowest BCUT2D eigenvalue weighted by Gasteiger charge is -2.29. The number of carboxylic acids is 1. The number of nitrogens with one attached hydrogen (secondary N) is 12. The van der Waals surface area contributed by atoms with Crippen LogP contribution in [0.25, 0.3) is 0 Å². The van der Waals surface area contributed by atoms with Crippen molar-refractivity contribution in [1.82, 2.24) is 63.8 Å². The van der Waals surface area contributed by atoms with Crippen LogP contribution in [-0.2, 0) is 78.3 Å². The monoisotopic (exact) mass is 1600 g/mol. The number of carboxylic acid groups (broad SMARTS) is 1. The number of aliphatic hydroxyl groups is 3. The molecule has 0 heterocycles. The van der Waals surface area contributed by atoms with Gasteiger partial charge in [0.15, 0.2) is 5.78 Å². The lowest BCUT2D eigenvalue weighted by molar-refractivity contribution is -0.141. The third-order valence-electron chi connectivity index (χ3n) is 18.7. The van der Waals surface area contributed by atoms with Gasteiger partial charge in [-0.05, 0) is 94.4 Å². The van der Waals surface area contributed by atoms with Crippen molar-refractivity contribution in [3.63, 3.8) is 0 Å². The zero-order valence-electron chi connectivity index (χ0n) is 67.4. The molecule has 19 N–H and O–H groups in total. The van der Waals surface area contributed by atoms with E-state index in [9.17, 15) is 97.5 Å². The number of ketones is 1. The molecule has 12 atom stereocenters. The highest BCUT2D eigenvalue weighted by atomic mass is 32.2. The van der Waals surface area contributed by atoms with E-state index >= 15 is 0 Å². The van der Waals surface area contributed by atoms with Crippen LogP contribution in [0.1, 0.15) is 254 Å². The summed E-state index contributed by atoms with van der Waals surface area (Å²) in [6.45, 7) is 11.0. The van der Waals surface area contributed by atoms with Gasteiger partial charge in [-0.2, -0.15) is 11.8 Å². The van der Waals surface area contributed by atoms with Crippen LogP contribution in [0, 0.1) is 5.92 Å². The van der Waals surface area contributed by atoms with E-state index in [-0.39, 0.29) is 62.4 Å². The molecule has 0 saturated carbocycles. The second-order valence-electron chi connectivity index (χ2n) is 29.2. The molecule has 0 aliphatic carbocycles. The maximum absolute atomic E-state index is 14.7. The first-order valence-electron chi connectivity index (χ1n) is 40.1. The number of phenols is 1. The smallest absolute Gasteiger partial charge is 0.305 e. The number of rotatable bonds is 64. The van der Waals surface area contributed by atoms with Gasteiger partial charge < -0.3 is 95.1 Å². The second-order valence-corrected chi connectivity index (χ2v) is 30.1. The van der Waals surface area contributed by atoms with Crippen LogP contribution in [0.2, 0.25) is 0 Å². The molecule has 0 aromatic heterocycles. The quantitative estimate of drug-likeness (QED) is 0.0417. The van der Waals surface area contributed by atoms with Gasteiger partial charge in [-0.3, -0.25) is 71.9 Å². The fourth-order valence-electron chi connectivity index (χ4n) is 12.0. The van der Waals surface area contributed by atoms with Crippen LogP contribution < -0.4 is 69.5 Å². The third-order valence-corrected chi connectivity index (χ3v) is 19.3. The van der Waals surface area contributed by atoms with Crippen molar-refractivity contribution in [2.75, 3.05) is 31.8 Å². The molecule has 1 aromatic carbocycles. The Morgan fingerprint density at radius 1 is 0.411 bits per heavy atom. The Bertz CT molecular complexity index is 3080. The highest BCUT2D eigenvalue weighted by molar-refractivity contribution is 7.98. The Balaban J connectivity index is 3.48. The molecule has 13 amide bonds. The molecule has 1 rings (SSSR count). The number of phenolic OH excluding ortho intramolecular Hbond substituents is 1. The van der Waals surface area contributed by atoms with Crippen LogP contribution in [-0.4, -0.2) is 218 Å². The first-order chi connectivity index (χ1) is 53.3. The molecule has 1 aromatic rings. The molecule has 0 saturated heterocycles. The molecule has 34 heteroatoms. The van der Waals surface area contributed by atoms with Gasteiger partial charge in [-0.25, -0.2) is 0 Å². The zero-order valence-corrected chi connectivity index (χ0v) is 68.2. The summed E-state index contributed by atoms with van der Waals surface area (Å²) in [5.74, 6) is -13.8. The Kier molecular flexibility index (Phi) is 53.7. The Morgan fingerprint density at radius 3 is 1.22 bits per heavy atom. The van der Waals surface area contributed by atoms with Gasteiger partial charge in [0.1, 0.15) is 66.2 Å². The van der Waals surface area contributed by atoms with Crippen LogP contribution in [0.5, 0.6) is 5.75 Å². The fourth-order valence-corrected chi connectivity index (χ4v) is 12.5. The van der Waals surface area contributed by atoms with Crippen LogP contribution in [0.15, 0.2) is 24.3 Å². The predicted octanol–water partition coefficient (Wildman–Crippen LogP) is 2.71. The van der Waals surface area contributed by atoms with E-state index < -0.39 is 200 Å². The minimum atomic E-state index is -1.74. The van der Waals surface area contributed by atoms with E-state index in [0.717, 1.165) is 39.5 Å². The largest absolute Gasteiger partial charge is 0.508 e. The number of Topliss-reactive ketones (excluding diaryl/α,β-unsaturated/α-hetero) is 1. The molecule has 636 valence electrons. The number of benzene rings is 1. The molecule has 0 fully saturated rings. The highest BCUT2D eigenvalue weighted by Gasteiger charge is 2.37. The molecular formula is C78H133N13O20S. The van der Waals surface area contributed by atoms with Crippen LogP contribution in [0.4, 0.5) is 0 Å². The number of hydrogen-bond acceptors (Lipinski definition) is 20. The summed E-state index contributed by atoms with van der Waals surface area (Å²) in [4.78, 5) is 204. The van der Waals surface area contributed by atoms with E-state index in [1.54, 1.807) is 20.1 Å². The Labute approximate surface area is 664 Å². The van der Waals surface area contributed by atoms with Gasteiger partial charge in [0.05, 0.1) is 38.3 Å². The van der Waals surface area contributed by atoms with Gasteiger partial charge >= 0.3 is 5.97 Å². The average molecular weight is 1610 g/mol. The molecule has 0 unspecified atom stereocenters. The molecule has 33 nitrogen and oxygen atoms in total. The molecule has 0 aliphatic heterocycles. The normalized spacial score (nSPS) is 14.4. The zero-order chi connectivity index (χ0) is 84.1. The van der Waals surface area contributed by atoms with Crippen molar-refractivity contribution in [2.24, 2.45) is 11.7 Å². The molecular weight excluding hydrogens is 1470 g/mol. The van der Waals surface area contributed by atoms with Crippen LogP contribution >= 0.6 is 11.8 Å². The first kappa shape index (κ1) is 102. The molecule has 112 heavy (non-hydrogen) atoms. The molecule has 0 aliphatic rings. The number of aliphatic carboxylic acids is 1. The number of hydrogen-bond donors (Lipinski definition) is 18. The van der Waals surface area contributed by atoms with Gasteiger partial charge in [0.2, 0.25) is 76.8 Å². The lowest BCUT2D eigenvalue weighted by atomic mass is 10.00. The molecule has 0 radical (unpaired) electrons. The third kappa shape index (κ3) is 44.1. The number of amides is 13. The van der Waals surface area contributed by atoms with Crippen molar-refractivity contribution < 1.29 is 97.5 Å². The number of aliphatic hydroxyl groups excluding tert-OH is 3. The lowest BCUT2D eigenvalue weighted by Crippen LogP contribution is -2.61. The van der Waals surface area contributed by atoms with Gasteiger partial charge in [-0.1, -0.05) is 182 Å².